The molecular formula is C32H44FN5. The van der Waals surface area contributed by atoms with Crippen molar-refractivity contribution in [1.29, 1.82) is 0 Å². The van der Waals surface area contributed by atoms with Crippen LogP contribution in [0.1, 0.15) is 30.9 Å². The van der Waals surface area contributed by atoms with Crippen LogP contribution in [0.5, 0.6) is 0 Å². The Morgan fingerprint density at radius 2 is 1.39 bits per heavy atom. The van der Waals surface area contributed by atoms with Crippen molar-refractivity contribution in [2.45, 2.75) is 32.6 Å². The van der Waals surface area contributed by atoms with Crippen molar-refractivity contribution in [1.82, 2.24) is 9.80 Å². The molecule has 0 unspecified atom stereocenters. The number of nitrogens with two attached hydrogens (primary N) is 2. The monoisotopic (exact) mass is 517 g/mol. The summed E-state index contributed by atoms with van der Waals surface area (Å²) in [6.45, 7) is 10.6. The molecule has 204 valence electrons. The Morgan fingerprint density at radius 1 is 0.737 bits per heavy atom. The van der Waals surface area contributed by atoms with E-state index in [4.69, 9.17) is 11.5 Å². The number of anilines is 3. The molecule has 6 heteroatoms. The summed E-state index contributed by atoms with van der Waals surface area (Å²) < 4.78 is 13.7. The van der Waals surface area contributed by atoms with Crippen LogP contribution < -0.4 is 16.4 Å². The van der Waals surface area contributed by atoms with Crippen LogP contribution in [0.25, 0.3) is 0 Å². The molecule has 0 aromatic heterocycles. The summed E-state index contributed by atoms with van der Waals surface area (Å²) in [6, 6.07) is 24.1. The molecule has 4 N–H and O–H groups in total. The summed E-state index contributed by atoms with van der Waals surface area (Å²) >= 11 is 0. The third-order valence-corrected chi connectivity index (χ3v) is 7.90. The summed E-state index contributed by atoms with van der Waals surface area (Å²) in [7, 11) is 0. The molecule has 0 radical (unpaired) electrons. The summed E-state index contributed by atoms with van der Waals surface area (Å²) in [6.07, 6.45) is 5.03. The highest BCUT2D eigenvalue weighted by Crippen LogP contribution is 2.23. The first kappa shape index (κ1) is 27.9. The fourth-order valence-corrected chi connectivity index (χ4v) is 5.42. The van der Waals surface area contributed by atoms with Crippen LogP contribution in [0.15, 0.2) is 72.8 Å². The van der Waals surface area contributed by atoms with E-state index in [1.54, 1.807) is 12.1 Å². The third kappa shape index (κ3) is 8.47. The van der Waals surface area contributed by atoms with Gasteiger partial charge in [-0.3, -0.25) is 0 Å². The normalized spacial score (nSPS) is 17.2. The molecule has 0 aliphatic carbocycles. The van der Waals surface area contributed by atoms with Gasteiger partial charge < -0.3 is 26.2 Å². The SMILES string of the molecule is CCN1CCN(c2ccc(N)cc2F)CC1.Nc1ccc(CCN2CCC(Cc3ccccc3)CC2)cc1. The number of nitrogens with zero attached hydrogens (tertiary/aromatic N) is 3. The first-order chi connectivity index (χ1) is 18.5. The van der Waals surface area contributed by atoms with E-state index < -0.39 is 0 Å². The fraction of sp³-hybridized carbons (Fsp3) is 0.438. The van der Waals surface area contributed by atoms with E-state index in [0.717, 1.165) is 50.7 Å². The van der Waals surface area contributed by atoms with Crippen LogP contribution in [0.3, 0.4) is 0 Å². The number of nitrogen functional groups attached to an aromatic ring is 2. The number of piperidine rings is 1. The number of benzene rings is 3. The van der Waals surface area contributed by atoms with E-state index in [-0.39, 0.29) is 5.82 Å². The molecule has 3 aromatic rings. The summed E-state index contributed by atoms with van der Waals surface area (Å²) in [5.74, 6) is 0.639. The van der Waals surface area contributed by atoms with E-state index in [0.29, 0.717) is 11.4 Å². The maximum Gasteiger partial charge on any atom is 0.148 e. The van der Waals surface area contributed by atoms with Gasteiger partial charge in [0.1, 0.15) is 5.82 Å². The van der Waals surface area contributed by atoms with Gasteiger partial charge in [-0.2, -0.15) is 0 Å². The average Bonchev–Trinajstić information content (AvgIpc) is 2.95. The maximum absolute atomic E-state index is 13.7. The number of rotatable bonds is 7. The van der Waals surface area contributed by atoms with Crippen LogP contribution in [-0.2, 0) is 12.8 Å². The lowest BCUT2D eigenvalue weighted by atomic mass is 9.90. The number of likely N-dealkylation sites (N-methyl/N-ethyl adjacent to an activating group) is 1. The van der Waals surface area contributed by atoms with Gasteiger partial charge in [0, 0.05) is 44.1 Å². The zero-order valence-electron chi connectivity index (χ0n) is 22.9. The quantitative estimate of drug-likeness (QED) is 0.416. The predicted molar refractivity (Wildman–Crippen MR) is 159 cm³/mol. The highest BCUT2D eigenvalue weighted by molar-refractivity contribution is 5.54. The molecule has 2 aliphatic rings. The van der Waals surface area contributed by atoms with Crippen molar-refractivity contribution in [2.75, 3.05) is 68.7 Å². The molecular weight excluding hydrogens is 473 g/mol. The van der Waals surface area contributed by atoms with Crippen molar-refractivity contribution < 1.29 is 4.39 Å². The van der Waals surface area contributed by atoms with E-state index in [2.05, 4.69) is 64.1 Å². The Labute approximate surface area is 228 Å². The largest absolute Gasteiger partial charge is 0.399 e. The molecule has 0 atom stereocenters. The molecule has 38 heavy (non-hydrogen) atoms. The lowest BCUT2D eigenvalue weighted by Gasteiger charge is -2.35. The van der Waals surface area contributed by atoms with Crippen molar-refractivity contribution in [3.63, 3.8) is 0 Å². The number of hydrogen-bond donors (Lipinski definition) is 2. The molecule has 2 fully saturated rings. The van der Waals surface area contributed by atoms with Crippen molar-refractivity contribution >= 4 is 17.1 Å². The van der Waals surface area contributed by atoms with Gasteiger partial charge in [-0.15, -0.1) is 0 Å². The van der Waals surface area contributed by atoms with Crippen LogP contribution in [0, 0.1) is 11.7 Å². The van der Waals surface area contributed by atoms with Gasteiger partial charge >= 0.3 is 0 Å². The lowest BCUT2D eigenvalue weighted by molar-refractivity contribution is 0.186. The number of piperazine rings is 1. The molecule has 0 spiro atoms. The zero-order valence-corrected chi connectivity index (χ0v) is 22.9. The second-order valence-corrected chi connectivity index (χ2v) is 10.6. The Balaban J connectivity index is 0.000000186. The average molecular weight is 518 g/mol. The topological polar surface area (TPSA) is 61.8 Å². The summed E-state index contributed by atoms with van der Waals surface area (Å²) in [5.41, 5.74) is 16.1. The minimum absolute atomic E-state index is 0.218. The first-order valence-electron chi connectivity index (χ1n) is 14.1. The van der Waals surface area contributed by atoms with Gasteiger partial charge in [0.2, 0.25) is 0 Å². The highest BCUT2D eigenvalue weighted by atomic mass is 19.1. The number of halogens is 1. The summed E-state index contributed by atoms with van der Waals surface area (Å²) in [5, 5.41) is 0. The smallest absolute Gasteiger partial charge is 0.148 e. The zero-order chi connectivity index (χ0) is 26.7. The van der Waals surface area contributed by atoms with Crippen LogP contribution in [0.4, 0.5) is 21.5 Å². The molecule has 0 saturated carbocycles. The van der Waals surface area contributed by atoms with Gasteiger partial charge in [-0.05, 0) is 92.7 Å². The van der Waals surface area contributed by atoms with Gasteiger partial charge in [0.05, 0.1) is 5.69 Å². The van der Waals surface area contributed by atoms with Gasteiger partial charge in [-0.1, -0.05) is 49.4 Å². The Morgan fingerprint density at radius 3 is 2.03 bits per heavy atom. The van der Waals surface area contributed by atoms with Crippen LogP contribution in [0.2, 0.25) is 0 Å². The maximum atomic E-state index is 13.7. The lowest BCUT2D eigenvalue weighted by Crippen LogP contribution is -2.46. The Hall–Kier alpha value is -3.09. The van der Waals surface area contributed by atoms with Crippen LogP contribution >= 0.6 is 0 Å². The molecule has 0 bridgehead atoms. The molecule has 5 rings (SSSR count). The summed E-state index contributed by atoms with van der Waals surface area (Å²) in [4.78, 5) is 7.06. The fourth-order valence-electron chi connectivity index (χ4n) is 5.42. The van der Waals surface area contributed by atoms with Crippen molar-refractivity contribution in [3.8, 4) is 0 Å². The molecule has 2 saturated heterocycles. The molecule has 3 aromatic carbocycles. The van der Waals surface area contributed by atoms with Crippen molar-refractivity contribution in [3.05, 3.63) is 89.7 Å². The minimum atomic E-state index is -0.218. The minimum Gasteiger partial charge on any atom is -0.399 e. The van der Waals surface area contributed by atoms with E-state index in [9.17, 15) is 4.39 Å². The molecule has 2 heterocycles. The molecule has 2 aliphatic heterocycles. The van der Waals surface area contributed by atoms with Gasteiger partial charge in [0.15, 0.2) is 0 Å². The third-order valence-electron chi connectivity index (χ3n) is 7.90. The Kier molecular flexibility index (Phi) is 10.4. The standard InChI is InChI=1S/C20H26N2.C12H18FN3/c21-20-8-6-17(7-9-20)10-13-22-14-11-19(12-15-22)16-18-4-2-1-3-5-18;1-2-15-5-7-16(8-6-15)12-4-3-10(14)9-11(12)13/h1-9,19H,10-16,21H2;3-4,9H,2,5-8,14H2,1H3. The number of likely N-dealkylation sites (tertiary alicyclic amines) is 1. The molecule has 0 amide bonds. The second-order valence-electron chi connectivity index (χ2n) is 10.6. The molecule has 5 nitrogen and oxygen atoms in total. The van der Waals surface area contributed by atoms with E-state index in [1.165, 1.54) is 56.1 Å². The van der Waals surface area contributed by atoms with Gasteiger partial charge in [0.25, 0.3) is 0 Å². The van der Waals surface area contributed by atoms with Gasteiger partial charge in [-0.25, -0.2) is 4.39 Å². The van der Waals surface area contributed by atoms with Crippen LogP contribution in [-0.4, -0.2) is 62.2 Å². The first-order valence-corrected chi connectivity index (χ1v) is 14.1. The Bertz CT molecular complexity index is 1090. The van der Waals surface area contributed by atoms with E-state index in [1.807, 2.05) is 12.1 Å². The second kappa shape index (κ2) is 14.2. The number of hydrogen-bond acceptors (Lipinski definition) is 5. The van der Waals surface area contributed by atoms with Crippen molar-refractivity contribution in [2.24, 2.45) is 5.92 Å². The van der Waals surface area contributed by atoms with E-state index >= 15 is 0 Å². The predicted octanol–water partition coefficient (Wildman–Crippen LogP) is 5.32. The highest BCUT2D eigenvalue weighted by Gasteiger charge is 2.19.